The molecule has 0 aromatic heterocycles. The molecule has 1 heterocycles. The van der Waals surface area contributed by atoms with Crippen molar-refractivity contribution >= 4 is 62.1 Å². The Morgan fingerprint density at radius 3 is 2.56 bits per heavy atom. The number of amides is 1. The summed E-state index contributed by atoms with van der Waals surface area (Å²) in [4.78, 5) is 12.7. The van der Waals surface area contributed by atoms with Gasteiger partial charge in [-0.3, -0.25) is 9.10 Å². The van der Waals surface area contributed by atoms with Gasteiger partial charge in [-0.05, 0) is 31.2 Å². The maximum absolute atomic E-state index is 12.7. The third kappa shape index (κ3) is 4.11. The first-order valence-corrected chi connectivity index (χ1v) is 10.7. The highest BCUT2D eigenvalue weighted by Gasteiger charge is 2.36. The lowest BCUT2D eigenvalue weighted by Gasteiger charge is -2.34. The molecule has 0 fully saturated rings. The molecule has 27 heavy (non-hydrogen) atoms. The first kappa shape index (κ1) is 20.1. The molecule has 2 aromatic carbocycles. The number of hydrogen-bond donors (Lipinski definition) is 1. The van der Waals surface area contributed by atoms with E-state index in [4.69, 9.17) is 39.5 Å². The van der Waals surface area contributed by atoms with Crippen LogP contribution in [0, 0.1) is 0 Å². The zero-order valence-electron chi connectivity index (χ0n) is 14.1. The van der Waals surface area contributed by atoms with E-state index in [2.05, 4.69) is 5.32 Å². The number of hydrogen-bond acceptors (Lipinski definition) is 4. The Morgan fingerprint density at radius 1 is 1.19 bits per heavy atom. The monoisotopic (exact) mass is 448 g/mol. The Kier molecular flexibility index (Phi) is 5.76. The van der Waals surface area contributed by atoms with E-state index in [9.17, 15) is 13.2 Å². The summed E-state index contributed by atoms with van der Waals surface area (Å²) in [5, 5.41) is 3.29. The van der Waals surface area contributed by atoms with E-state index >= 15 is 0 Å². The van der Waals surface area contributed by atoms with Crippen molar-refractivity contribution in [3.8, 4) is 5.75 Å². The molecule has 1 amide bonds. The van der Waals surface area contributed by atoms with Crippen LogP contribution in [0.25, 0.3) is 0 Å². The largest absolute Gasteiger partial charge is 0.476 e. The normalized spacial score (nSPS) is 16.4. The molecule has 1 aliphatic rings. The molecule has 0 unspecified atom stereocenters. The number of nitrogens with one attached hydrogen (secondary N) is 1. The molecule has 0 bridgehead atoms. The number of carbonyl (C=O) groups excluding carboxylic acids is 1. The molecule has 6 nitrogen and oxygen atoms in total. The number of anilines is 2. The first-order chi connectivity index (χ1) is 12.7. The zero-order valence-corrected chi connectivity index (χ0v) is 17.2. The number of sulfonamides is 1. The lowest BCUT2D eigenvalue weighted by molar-refractivity contribution is -0.122. The van der Waals surface area contributed by atoms with Crippen LogP contribution in [0.15, 0.2) is 36.4 Å². The molecule has 2 aromatic rings. The summed E-state index contributed by atoms with van der Waals surface area (Å²) in [6.45, 7) is 1.38. The summed E-state index contributed by atoms with van der Waals surface area (Å²) in [7, 11) is -3.59. The number of carbonyl (C=O) groups is 1. The maximum Gasteiger partial charge on any atom is 0.267 e. The van der Waals surface area contributed by atoms with Crippen LogP contribution in [0.3, 0.4) is 0 Å². The molecule has 10 heteroatoms. The summed E-state index contributed by atoms with van der Waals surface area (Å²) >= 11 is 17.9. The standard InChI is InChI=1S/C17H15Cl3N2O4S/c1-2-27(24,25)22-9-16(26-15-6-4-3-5-14(15)22)17(23)21-13-8-11(19)10(18)7-12(13)20/h3-8,16H,2,9H2,1H3,(H,21,23)/t16-/m0/s1. The van der Waals surface area contributed by atoms with Crippen LogP contribution >= 0.6 is 34.8 Å². The zero-order chi connectivity index (χ0) is 19.8. The van der Waals surface area contributed by atoms with Gasteiger partial charge < -0.3 is 10.1 Å². The van der Waals surface area contributed by atoms with E-state index in [1.54, 1.807) is 24.3 Å². The fourth-order valence-corrected chi connectivity index (χ4v) is 4.31. The predicted molar refractivity (Wildman–Crippen MR) is 108 cm³/mol. The van der Waals surface area contributed by atoms with Crippen LogP contribution in [-0.2, 0) is 14.8 Å². The van der Waals surface area contributed by atoms with E-state index in [0.717, 1.165) is 0 Å². The van der Waals surface area contributed by atoms with Crippen LogP contribution in [0.1, 0.15) is 6.92 Å². The molecule has 0 radical (unpaired) electrons. The second-order valence-electron chi connectivity index (χ2n) is 5.74. The highest BCUT2D eigenvalue weighted by molar-refractivity contribution is 7.92. The van der Waals surface area contributed by atoms with Gasteiger partial charge in [0, 0.05) is 0 Å². The number of para-hydroxylation sites is 2. The van der Waals surface area contributed by atoms with Gasteiger partial charge in [0.05, 0.1) is 38.7 Å². The molecule has 1 atom stereocenters. The van der Waals surface area contributed by atoms with E-state index in [1.165, 1.54) is 23.4 Å². The van der Waals surface area contributed by atoms with E-state index < -0.39 is 22.0 Å². The van der Waals surface area contributed by atoms with E-state index in [1.807, 2.05) is 0 Å². The molecular formula is C17H15Cl3N2O4S. The van der Waals surface area contributed by atoms with Crippen molar-refractivity contribution in [3.63, 3.8) is 0 Å². The number of nitrogens with zero attached hydrogens (tertiary/aromatic N) is 1. The van der Waals surface area contributed by atoms with Gasteiger partial charge in [0.2, 0.25) is 10.0 Å². The molecule has 0 saturated heterocycles. The smallest absolute Gasteiger partial charge is 0.267 e. The highest BCUT2D eigenvalue weighted by Crippen LogP contribution is 2.36. The summed E-state index contributed by atoms with van der Waals surface area (Å²) in [5.74, 6) is -0.351. The molecule has 3 rings (SSSR count). The minimum absolute atomic E-state index is 0.103. The van der Waals surface area contributed by atoms with E-state index in [0.29, 0.717) is 11.4 Å². The van der Waals surface area contributed by atoms with Gasteiger partial charge in [-0.1, -0.05) is 46.9 Å². The molecule has 1 aliphatic heterocycles. The Balaban J connectivity index is 1.90. The Morgan fingerprint density at radius 2 is 1.85 bits per heavy atom. The van der Waals surface area contributed by atoms with Crippen molar-refractivity contribution in [2.75, 3.05) is 21.9 Å². The van der Waals surface area contributed by atoms with Crippen LogP contribution in [-0.4, -0.2) is 32.7 Å². The van der Waals surface area contributed by atoms with Gasteiger partial charge in [-0.2, -0.15) is 0 Å². The fourth-order valence-electron chi connectivity index (χ4n) is 2.59. The third-order valence-corrected chi connectivity index (χ3v) is 6.78. The molecular weight excluding hydrogens is 435 g/mol. The highest BCUT2D eigenvalue weighted by atomic mass is 35.5. The average molecular weight is 450 g/mol. The number of fused-ring (bicyclic) bond motifs is 1. The third-order valence-electron chi connectivity index (χ3n) is 4.00. The Bertz CT molecular complexity index is 998. The van der Waals surface area contributed by atoms with Crippen LogP contribution < -0.4 is 14.4 Å². The SMILES string of the molecule is CCS(=O)(=O)N1C[C@@H](C(=O)Nc2cc(Cl)c(Cl)cc2Cl)Oc2ccccc21. The average Bonchev–Trinajstić information content (AvgIpc) is 2.65. The quantitative estimate of drug-likeness (QED) is 0.710. The second kappa shape index (κ2) is 7.75. The van der Waals surface area contributed by atoms with Crippen molar-refractivity contribution in [1.29, 1.82) is 0 Å². The predicted octanol–water partition coefficient (Wildman–Crippen LogP) is 4.20. The summed E-state index contributed by atoms with van der Waals surface area (Å²) in [6.07, 6.45) is -1.06. The van der Waals surface area contributed by atoms with Gasteiger partial charge in [0.1, 0.15) is 5.75 Å². The van der Waals surface area contributed by atoms with Crippen LogP contribution in [0.5, 0.6) is 5.75 Å². The van der Waals surface area contributed by atoms with Gasteiger partial charge in [0.25, 0.3) is 5.91 Å². The number of ether oxygens (including phenoxy) is 1. The summed E-state index contributed by atoms with van der Waals surface area (Å²) in [6, 6.07) is 9.47. The van der Waals surface area contributed by atoms with Gasteiger partial charge in [0.15, 0.2) is 6.10 Å². The summed E-state index contributed by atoms with van der Waals surface area (Å²) in [5.41, 5.74) is 0.652. The van der Waals surface area contributed by atoms with Gasteiger partial charge in [-0.25, -0.2) is 8.42 Å². The van der Waals surface area contributed by atoms with Crippen molar-refractivity contribution in [2.24, 2.45) is 0 Å². The Hall–Kier alpha value is -1.67. The fraction of sp³-hybridized carbons (Fsp3) is 0.235. The van der Waals surface area contributed by atoms with Crippen LogP contribution in [0.4, 0.5) is 11.4 Å². The molecule has 1 N–H and O–H groups in total. The minimum atomic E-state index is -3.59. The lowest BCUT2D eigenvalue weighted by atomic mass is 10.2. The van der Waals surface area contributed by atoms with Crippen molar-refractivity contribution in [1.82, 2.24) is 0 Å². The molecule has 0 aliphatic carbocycles. The van der Waals surface area contributed by atoms with Gasteiger partial charge >= 0.3 is 0 Å². The first-order valence-electron chi connectivity index (χ1n) is 7.94. The van der Waals surface area contributed by atoms with Crippen LogP contribution in [0.2, 0.25) is 15.1 Å². The maximum atomic E-state index is 12.7. The van der Waals surface area contributed by atoms with Gasteiger partial charge in [-0.15, -0.1) is 0 Å². The number of benzene rings is 2. The van der Waals surface area contributed by atoms with E-state index in [-0.39, 0.29) is 33.1 Å². The lowest BCUT2D eigenvalue weighted by Crippen LogP contribution is -2.49. The molecule has 0 spiro atoms. The Labute approximate surface area is 172 Å². The summed E-state index contributed by atoms with van der Waals surface area (Å²) < 4.78 is 31.8. The number of rotatable bonds is 4. The number of halogens is 3. The van der Waals surface area contributed by atoms with Crippen molar-refractivity contribution < 1.29 is 17.9 Å². The second-order valence-corrected chi connectivity index (χ2v) is 9.14. The van der Waals surface area contributed by atoms with Crippen molar-refractivity contribution in [2.45, 2.75) is 13.0 Å². The topological polar surface area (TPSA) is 75.7 Å². The molecule has 0 saturated carbocycles. The minimum Gasteiger partial charge on any atom is -0.476 e. The molecule has 144 valence electrons. The van der Waals surface area contributed by atoms with Crippen molar-refractivity contribution in [3.05, 3.63) is 51.5 Å².